The first kappa shape index (κ1) is 16.6. The highest BCUT2D eigenvalue weighted by Crippen LogP contribution is 2.24. The van der Waals surface area contributed by atoms with Crippen LogP contribution in [0.25, 0.3) is 0 Å². The van der Waals surface area contributed by atoms with Crippen molar-refractivity contribution in [2.24, 2.45) is 0 Å². The van der Waals surface area contributed by atoms with E-state index in [4.69, 9.17) is 0 Å². The fourth-order valence-electron chi connectivity index (χ4n) is 2.53. The normalized spacial score (nSPS) is 10.9. The minimum Gasteiger partial charge on any atom is -0.508 e. The number of benzene rings is 1. The van der Waals surface area contributed by atoms with Crippen LogP contribution in [0.1, 0.15) is 17.0 Å². The zero-order valence-electron chi connectivity index (χ0n) is 13.1. The number of phenols is 1. The molecule has 2 heterocycles. The maximum atomic E-state index is 10.1. The molecule has 2 aromatic heterocycles. The van der Waals surface area contributed by atoms with Crippen molar-refractivity contribution < 1.29 is 5.11 Å². The summed E-state index contributed by atoms with van der Waals surface area (Å²) < 4.78 is 0.950. The molecular formula is C19H18BrN3O. The maximum absolute atomic E-state index is 10.1. The monoisotopic (exact) mass is 383 g/mol. The molecule has 3 aromatic rings. The number of aromatic hydroxyl groups is 1. The van der Waals surface area contributed by atoms with E-state index in [1.54, 1.807) is 18.5 Å². The highest BCUT2D eigenvalue weighted by atomic mass is 79.9. The second-order valence-electron chi connectivity index (χ2n) is 5.56. The van der Waals surface area contributed by atoms with E-state index in [1.165, 1.54) is 0 Å². The lowest BCUT2D eigenvalue weighted by Crippen LogP contribution is -2.23. The van der Waals surface area contributed by atoms with Gasteiger partial charge >= 0.3 is 0 Å². The van der Waals surface area contributed by atoms with Gasteiger partial charge in [-0.3, -0.25) is 14.9 Å². The van der Waals surface area contributed by atoms with E-state index in [0.29, 0.717) is 25.4 Å². The maximum Gasteiger partial charge on any atom is 0.120 e. The van der Waals surface area contributed by atoms with Gasteiger partial charge in [-0.05, 0) is 42.5 Å². The number of hydrogen-bond donors (Lipinski definition) is 1. The lowest BCUT2D eigenvalue weighted by Gasteiger charge is -2.22. The van der Waals surface area contributed by atoms with Gasteiger partial charge in [0.1, 0.15) is 5.75 Å². The molecule has 4 nitrogen and oxygen atoms in total. The number of pyridine rings is 2. The molecule has 0 spiro atoms. The van der Waals surface area contributed by atoms with Gasteiger partial charge in [-0.25, -0.2) is 0 Å². The largest absolute Gasteiger partial charge is 0.508 e. The van der Waals surface area contributed by atoms with Crippen LogP contribution in [-0.2, 0) is 19.6 Å². The second-order valence-corrected chi connectivity index (χ2v) is 6.48. The van der Waals surface area contributed by atoms with Crippen LogP contribution in [0.5, 0.6) is 5.75 Å². The average molecular weight is 384 g/mol. The fraction of sp³-hybridized carbons (Fsp3) is 0.158. The van der Waals surface area contributed by atoms with Crippen molar-refractivity contribution >= 4 is 15.9 Å². The predicted octanol–water partition coefficient (Wildman–Crippen LogP) is 4.15. The van der Waals surface area contributed by atoms with Crippen LogP contribution in [0.4, 0.5) is 0 Å². The first-order valence-electron chi connectivity index (χ1n) is 7.70. The number of phenolic OH excluding ortho intramolecular Hbond substituents is 1. The summed E-state index contributed by atoms with van der Waals surface area (Å²) in [7, 11) is 0. The van der Waals surface area contributed by atoms with Crippen LogP contribution in [0, 0.1) is 0 Å². The number of aromatic nitrogens is 2. The molecule has 0 saturated carbocycles. The van der Waals surface area contributed by atoms with Crippen molar-refractivity contribution in [3.63, 3.8) is 0 Å². The number of rotatable bonds is 6. The van der Waals surface area contributed by atoms with E-state index in [0.717, 1.165) is 21.4 Å². The molecule has 0 fully saturated rings. The number of halogens is 1. The molecular weight excluding hydrogens is 366 g/mol. The molecule has 0 bridgehead atoms. The Bertz CT molecular complexity index is 740. The predicted molar refractivity (Wildman–Crippen MR) is 97.2 cm³/mol. The van der Waals surface area contributed by atoms with Gasteiger partial charge < -0.3 is 5.11 Å². The van der Waals surface area contributed by atoms with Gasteiger partial charge in [0.05, 0.1) is 11.4 Å². The van der Waals surface area contributed by atoms with Crippen molar-refractivity contribution in [1.82, 2.24) is 14.9 Å². The third kappa shape index (κ3) is 4.63. The topological polar surface area (TPSA) is 49.2 Å². The summed E-state index contributed by atoms with van der Waals surface area (Å²) in [5, 5.41) is 10.1. The summed E-state index contributed by atoms with van der Waals surface area (Å²) in [6.07, 6.45) is 3.59. The molecule has 24 heavy (non-hydrogen) atoms. The second kappa shape index (κ2) is 8.04. The molecule has 0 atom stereocenters. The van der Waals surface area contributed by atoms with E-state index >= 15 is 0 Å². The Morgan fingerprint density at radius 3 is 2.00 bits per heavy atom. The molecule has 0 aliphatic rings. The Morgan fingerprint density at radius 2 is 1.46 bits per heavy atom. The smallest absolute Gasteiger partial charge is 0.120 e. The van der Waals surface area contributed by atoms with Gasteiger partial charge in [-0.1, -0.05) is 28.1 Å². The quantitative estimate of drug-likeness (QED) is 0.694. The van der Waals surface area contributed by atoms with E-state index in [9.17, 15) is 5.11 Å². The lowest BCUT2D eigenvalue weighted by atomic mass is 10.1. The van der Waals surface area contributed by atoms with E-state index < -0.39 is 0 Å². The van der Waals surface area contributed by atoms with Gasteiger partial charge in [-0.15, -0.1) is 0 Å². The number of nitrogens with zero attached hydrogens (tertiary/aromatic N) is 3. The zero-order valence-corrected chi connectivity index (χ0v) is 14.7. The molecule has 1 aromatic carbocycles. The highest BCUT2D eigenvalue weighted by Gasteiger charge is 2.12. The zero-order chi connectivity index (χ0) is 16.8. The molecule has 3 rings (SSSR count). The van der Waals surface area contributed by atoms with Gasteiger partial charge in [0.15, 0.2) is 0 Å². The standard InChI is InChI=1S/C19H18BrN3O/c20-16-7-8-19(24)15(11-16)12-23(13-17-5-1-3-9-21-17)14-18-6-2-4-10-22-18/h1-11,24H,12-14H2. The highest BCUT2D eigenvalue weighted by molar-refractivity contribution is 9.10. The van der Waals surface area contributed by atoms with Crippen molar-refractivity contribution in [1.29, 1.82) is 0 Å². The van der Waals surface area contributed by atoms with Gasteiger partial charge in [0.25, 0.3) is 0 Å². The summed E-state index contributed by atoms with van der Waals surface area (Å²) in [5.41, 5.74) is 2.85. The lowest BCUT2D eigenvalue weighted by molar-refractivity contribution is 0.238. The van der Waals surface area contributed by atoms with Crippen LogP contribution in [0.3, 0.4) is 0 Å². The molecule has 0 amide bonds. The van der Waals surface area contributed by atoms with Gasteiger partial charge in [0, 0.05) is 42.1 Å². The van der Waals surface area contributed by atoms with E-state index in [1.807, 2.05) is 48.5 Å². The van der Waals surface area contributed by atoms with Crippen molar-refractivity contribution in [3.05, 3.63) is 88.4 Å². The molecule has 0 aliphatic heterocycles. The Hall–Kier alpha value is -2.24. The summed E-state index contributed by atoms with van der Waals surface area (Å²) in [6.45, 7) is 1.98. The van der Waals surface area contributed by atoms with Crippen LogP contribution in [0.2, 0.25) is 0 Å². The third-order valence-electron chi connectivity index (χ3n) is 3.66. The summed E-state index contributed by atoms with van der Waals surface area (Å²) in [4.78, 5) is 11.0. The fourth-order valence-corrected chi connectivity index (χ4v) is 2.94. The Kier molecular flexibility index (Phi) is 5.56. The van der Waals surface area contributed by atoms with E-state index in [2.05, 4.69) is 30.8 Å². The molecule has 0 unspecified atom stereocenters. The van der Waals surface area contributed by atoms with Gasteiger partial charge in [0.2, 0.25) is 0 Å². The van der Waals surface area contributed by atoms with Crippen molar-refractivity contribution in [2.45, 2.75) is 19.6 Å². The van der Waals surface area contributed by atoms with Crippen LogP contribution in [0.15, 0.2) is 71.5 Å². The number of hydrogen-bond acceptors (Lipinski definition) is 4. The van der Waals surface area contributed by atoms with Crippen molar-refractivity contribution in [2.75, 3.05) is 0 Å². The van der Waals surface area contributed by atoms with Crippen molar-refractivity contribution in [3.8, 4) is 5.75 Å². The summed E-state index contributed by atoms with van der Waals surface area (Å²) in [5.74, 6) is 0.297. The Labute approximate surface area is 150 Å². The Balaban J connectivity index is 1.82. The van der Waals surface area contributed by atoms with Crippen LogP contribution < -0.4 is 0 Å². The molecule has 1 N–H and O–H groups in total. The van der Waals surface area contributed by atoms with E-state index in [-0.39, 0.29) is 0 Å². The average Bonchev–Trinajstić information content (AvgIpc) is 2.60. The molecule has 0 aliphatic carbocycles. The summed E-state index contributed by atoms with van der Waals surface area (Å²) >= 11 is 3.47. The molecule has 5 heteroatoms. The SMILES string of the molecule is Oc1ccc(Br)cc1CN(Cc1ccccn1)Cc1ccccn1. The minimum absolute atomic E-state index is 0.297. The minimum atomic E-state index is 0.297. The molecule has 0 saturated heterocycles. The molecule has 122 valence electrons. The van der Waals surface area contributed by atoms with Crippen LogP contribution in [-0.4, -0.2) is 20.0 Å². The van der Waals surface area contributed by atoms with Crippen LogP contribution >= 0.6 is 15.9 Å². The summed E-state index contributed by atoms with van der Waals surface area (Å²) in [6, 6.07) is 17.3. The first-order chi connectivity index (χ1) is 11.7. The molecule has 0 radical (unpaired) electrons. The Morgan fingerprint density at radius 1 is 0.833 bits per heavy atom. The van der Waals surface area contributed by atoms with Gasteiger partial charge in [-0.2, -0.15) is 0 Å². The third-order valence-corrected chi connectivity index (χ3v) is 4.15. The first-order valence-corrected chi connectivity index (χ1v) is 8.49.